The standard InChI is InChI=1S/C12H12F2N4O2/c1-6-16-11(20-18-6)12(2,3)17-10(19)9-8(14)4-7(13)5-15-9/h4-5H,1-3H3,(H,17,19). The van der Waals surface area contributed by atoms with E-state index in [0.29, 0.717) is 11.9 Å². The molecule has 0 aliphatic carbocycles. The van der Waals surface area contributed by atoms with Gasteiger partial charge in [0.15, 0.2) is 17.3 Å². The molecular weight excluding hydrogens is 270 g/mol. The molecule has 2 aromatic heterocycles. The highest BCUT2D eigenvalue weighted by Crippen LogP contribution is 2.18. The zero-order valence-corrected chi connectivity index (χ0v) is 11.1. The first kappa shape index (κ1) is 14.0. The van der Waals surface area contributed by atoms with Crippen molar-refractivity contribution in [1.29, 1.82) is 0 Å². The van der Waals surface area contributed by atoms with Gasteiger partial charge in [-0.25, -0.2) is 13.8 Å². The van der Waals surface area contributed by atoms with Gasteiger partial charge in [-0.15, -0.1) is 0 Å². The molecule has 1 N–H and O–H groups in total. The van der Waals surface area contributed by atoms with Gasteiger partial charge in [-0.05, 0) is 20.8 Å². The van der Waals surface area contributed by atoms with Gasteiger partial charge in [0.2, 0.25) is 0 Å². The minimum absolute atomic E-state index is 0.172. The molecule has 0 unspecified atom stereocenters. The van der Waals surface area contributed by atoms with Crippen molar-refractivity contribution in [2.45, 2.75) is 26.3 Å². The lowest BCUT2D eigenvalue weighted by atomic mass is 10.1. The molecule has 8 heteroatoms. The van der Waals surface area contributed by atoms with Crippen LogP contribution in [0.3, 0.4) is 0 Å². The maximum absolute atomic E-state index is 13.5. The van der Waals surface area contributed by atoms with Crippen molar-refractivity contribution in [3.8, 4) is 0 Å². The first-order valence-corrected chi connectivity index (χ1v) is 5.74. The van der Waals surface area contributed by atoms with Crippen molar-refractivity contribution in [3.05, 3.63) is 41.3 Å². The number of nitrogens with one attached hydrogen (secondary N) is 1. The maximum atomic E-state index is 13.5. The third kappa shape index (κ3) is 2.79. The Morgan fingerprint density at radius 2 is 2.10 bits per heavy atom. The number of amides is 1. The molecule has 0 bridgehead atoms. The Bertz CT molecular complexity index is 655. The largest absolute Gasteiger partial charge is 0.337 e. The highest BCUT2D eigenvalue weighted by molar-refractivity contribution is 5.92. The van der Waals surface area contributed by atoms with E-state index in [1.165, 1.54) is 0 Å². The van der Waals surface area contributed by atoms with E-state index >= 15 is 0 Å². The molecule has 0 aliphatic heterocycles. The summed E-state index contributed by atoms with van der Waals surface area (Å²) in [7, 11) is 0. The number of aromatic nitrogens is 3. The van der Waals surface area contributed by atoms with Crippen LogP contribution in [-0.4, -0.2) is 21.0 Å². The molecule has 1 amide bonds. The molecule has 0 fully saturated rings. The second kappa shape index (κ2) is 4.95. The van der Waals surface area contributed by atoms with Gasteiger partial charge in [0.05, 0.1) is 6.20 Å². The highest BCUT2D eigenvalue weighted by atomic mass is 19.1. The third-order valence-corrected chi connectivity index (χ3v) is 2.51. The number of aryl methyl sites for hydroxylation is 1. The molecule has 106 valence electrons. The van der Waals surface area contributed by atoms with Gasteiger partial charge >= 0.3 is 0 Å². The summed E-state index contributed by atoms with van der Waals surface area (Å²) in [4.78, 5) is 19.4. The molecule has 0 atom stereocenters. The quantitative estimate of drug-likeness (QED) is 0.927. The fourth-order valence-electron chi connectivity index (χ4n) is 1.53. The average molecular weight is 282 g/mol. The molecule has 2 aromatic rings. The van der Waals surface area contributed by atoms with Gasteiger partial charge in [0, 0.05) is 6.07 Å². The third-order valence-electron chi connectivity index (χ3n) is 2.51. The molecule has 2 rings (SSSR count). The summed E-state index contributed by atoms with van der Waals surface area (Å²) >= 11 is 0. The van der Waals surface area contributed by atoms with E-state index < -0.39 is 28.8 Å². The lowest BCUT2D eigenvalue weighted by Gasteiger charge is -2.21. The predicted molar refractivity (Wildman–Crippen MR) is 63.7 cm³/mol. The van der Waals surface area contributed by atoms with Gasteiger partial charge in [0.1, 0.15) is 11.4 Å². The number of pyridine rings is 1. The molecular formula is C12H12F2N4O2. The summed E-state index contributed by atoms with van der Waals surface area (Å²) in [6.45, 7) is 4.85. The monoisotopic (exact) mass is 282 g/mol. The fraction of sp³-hybridized carbons (Fsp3) is 0.333. The molecule has 0 aromatic carbocycles. The number of carbonyl (C=O) groups is 1. The minimum Gasteiger partial charge on any atom is -0.337 e. The first-order valence-electron chi connectivity index (χ1n) is 5.74. The molecule has 20 heavy (non-hydrogen) atoms. The van der Waals surface area contributed by atoms with E-state index in [1.807, 2.05) is 0 Å². The Hall–Kier alpha value is -2.38. The van der Waals surface area contributed by atoms with Gasteiger partial charge in [-0.3, -0.25) is 4.79 Å². The number of rotatable bonds is 3. The average Bonchev–Trinajstić information content (AvgIpc) is 2.75. The zero-order valence-electron chi connectivity index (χ0n) is 11.1. The van der Waals surface area contributed by atoms with Crippen molar-refractivity contribution in [1.82, 2.24) is 20.4 Å². The molecule has 6 nitrogen and oxygen atoms in total. The molecule has 0 aliphatic rings. The first-order chi connectivity index (χ1) is 9.29. The Morgan fingerprint density at radius 1 is 1.40 bits per heavy atom. The van der Waals surface area contributed by atoms with E-state index in [1.54, 1.807) is 20.8 Å². The van der Waals surface area contributed by atoms with Crippen LogP contribution >= 0.6 is 0 Å². The Morgan fingerprint density at radius 3 is 2.65 bits per heavy atom. The second-order valence-corrected chi connectivity index (χ2v) is 4.71. The Balaban J connectivity index is 2.22. The Kier molecular flexibility index (Phi) is 3.47. The van der Waals surface area contributed by atoms with E-state index in [0.717, 1.165) is 6.20 Å². The molecule has 0 spiro atoms. The summed E-state index contributed by atoms with van der Waals surface area (Å²) in [5.41, 5.74) is -1.52. The number of carbonyl (C=O) groups excluding carboxylic acids is 1. The van der Waals surface area contributed by atoms with Crippen molar-refractivity contribution in [2.24, 2.45) is 0 Å². The van der Waals surface area contributed by atoms with Gasteiger partial charge in [0.25, 0.3) is 11.8 Å². The smallest absolute Gasteiger partial charge is 0.273 e. The minimum atomic E-state index is -1.04. The van der Waals surface area contributed by atoms with Crippen LogP contribution in [0.2, 0.25) is 0 Å². The molecule has 2 heterocycles. The van der Waals surface area contributed by atoms with Crippen LogP contribution in [-0.2, 0) is 5.54 Å². The molecule has 0 radical (unpaired) electrons. The van der Waals surface area contributed by atoms with Gasteiger partial charge in [-0.1, -0.05) is 5.16 Å². The zero-order chi connectivity index (χ0) is 14.9. The van der Waals surface area contributed by atoms with Crippen LogP contribution in [0, 0.1) is 18.6 Å². The van der Waals surface area contributed by atoms with Crippen molar-refractivity contribution in [2.75, 3.05) is 0 Å². The molecule has 0 saturated carbocycles. The van der Waals surface area contributed by atoms with E-state index in [4.69, 9.17) is 4.52 Å². The van der Waals surface area contributed by atoms with Crippen LogP contribution < -0.4 is 5.32 Å². The topological polar surface area (TPSA) is 80.9 Å². The SMILES string of the molecule is Cc1noc(C(C)(C)NC(=O)c2ncc(F)cc2F)n1. The summed E-state index contributed by atoms with van der Waals surface area (Å²) in [6.07, 6.45) is 0.766. The van der Waals surface area contributed by atoms with Crippen LogP contribution in [0.5, 0.6) is 0 Å². The number of nitrogens with zero attached hydrogens (tertiary/aromatic N) is 3. The van der Waals surface area contributed by atoms with Gasteiger partial charge in [-0.2, -0.15) is 4.98 Å². The lowest BCUT2D eigenvalue weighted by Crippen LogP contribution is -2.42. The normalized spacial score (nSPS) is 11.4. The van der Waals surface area contributed by atoms with Crippen LogP contribution in [0.1, 0.15) is 36.1 Å². The summed E-state index contributed by atoms with van der Waals surface area (Å²) < 4.78 is 31.2. The van der Waals surface area contributed by atoms with E-state index in [9.17, 15) is 13.6 Å². The summed E-state index contributed by atoms with van der Waals surface area (Å²) in [5.74, 6) is -2.12. The lowest BCUT2D eigenvalue weighted by molar-refractivity contribution is 0.0885. The van der Waals surface area contributed by atoms with E-state index in [-0.39, 0.29) is 5.89 Å². The van der Waals surface area contributed by atoms with Crippen LogP contribution in [0.4, 0.5) is 8.78 Å². The number of hydrogen-bond acceptors (Lipinski definition) is 5. The highest BCUT2D eigenvalue weighted by Gasteiger charge is 2.30. The summed E-state index contributed by atoms with van der Waals surface area (Å²) in [6, 6.07) is 0.589. The molecule has 0 saturated heterocycles. The van der Waals surface area contributed by atoms with Crippen molar-refractivity contribution < 1.29 is 18.1 Å². The maximum Gasteiger partial charge on any atom is 0.273 e. The summed E-state index contributed by atoms with van der Waals surface area (Å²) in [5, 5.41) is 6.12. The van der Waals surface area contributed by atoms with Crippen LogP contribution in [0.25, 0.3) is 0 Å². The number of hydrogen-bond donors (Lipinski definition) is 1. The Labute approximate surface area is 113 Å². The number of halogens is 2. The van der Waals surface area contributed by atoms with Crippen molar-refractivity contribution in [3.63, 3.8) is 0 Å². The van der Waals surface area contributed by atoms with E-state index in [2.05, 4.69) is 20.4 Å². The predicted octanol–water partition coefficient (Wildman–Crippen LogP) is 1.72. The van der Waals surface area contributed by atoms with Crippen LogP contribution in [0.15, 0.2) is 16.8 Å². The van der Waals surface area contributed by atoms with Crippen molar-refractivity contribution >= 4 is 5.91 Å². The van der Waals surface area contributed by atoms with Gasteiger partial charge < -0.3 is 9.84 Å². The fourth-order valence-corrected chi connectivity index (χ4v) is 1.53. The second-order valence-electron chi connectivity index (χ2n) is 4.71.